The topological polar surface area (TPSA) is 93.0 Å². The lowest BCUT2D eigenvalue weighted by Gasteiger charge is -1.99. The van der Waals surface area contributed by atoms with E-state index in [1.54, 1.807) is 18.5 Å². The van der Waals surface area contributed by atoms with Gasteiger partial charge in [0.05, 0.1) is 24.0 Å². The van der Waals surface area contributed by atoms with E-state index < -0.39 is 5.97 Å². The number of hydrogen-bond acceptors (Lipinski definition) is 6. The predicted molar refractivity (Wildman–Crippen MR) is 66.0 cm³/mol. The van der Waals surface area contributed by atoms with E-state index in [4.69, 9.17) is 5.73 Å². The number of nitrogens with one attached hydrogen (secondary N) is 2. The number of nitrogens with two attached hydrogens (primary N) is 1. The summed E-state index contributed by atoms with van der Waals surface area (Å²) in [6.07, 6.45) is 3.52. The SMILES string of the molecule is COC(=O)c1sc(NCc2cn[nH]c2)cc1N. The first-order valence-corrected chi connectivity index (χ1v) is 5.71. The lowest BCUT2D eigenvalue weighted by Crippen LogP contribution is -2.01. The largest absolute Gasteiger partial charge is 0.465 e. The molecule has 0 bridgehead atoms. The summed E-state index contributed by atoms with van der Waals surface area (Å²) in [5.41, 5.74) is 7.17. The van der Waals surface area contributed by atoms with Crippen LogP contribution in [0, 0.1) is 0 Å². The number of H-pyrrole nitrogens is 1. The number of rotatable bonds is 4. The zero-order valence-electron chi connectivity index (χ0n) is 9.19. The molecule has 17 heavy (non-hydrogen) atoms. The third-order valence-corrected chi connectivity index (χ3v) is 3.24. The van der Waals surface area contributed by atoms with Gasteiger partial charge in [0.15, 0.2) is 0 Å². The van der Waals surface area contributed by atoms with Crippen molar-refractivity contribution in [3.63, 3.8) is 0 Å². The molecule has 6 nitrogen and oxygen atoms in total. The summed E-state index contributed by atoms with van der Waals surface area (Å²) in [5.74, 6) is -0.413. The summed E-state index contributed by atoms with van der Waals surface area (Å²) < 4.78 is 4.63. The van der Waals surface area contributed by atoms with Gasteiger partial charge < -0.3 is 15.8 Å². The summed E-state index contributed by atoms with van der Waals surface area (Å²) in [6, 6.07) is 1.72. The van der Waals surface area contributed by atoms with Crippen molar-refractivity contribution in [1.29, 1.82) is 0 Å². The van der Waals surface area contributed by atoms with E-state index in [9.17, 15) is 4.79 Å². The first-order valence-electron chi connectivity index (χ1n) is 4.90. The lowest BCUT2D eigenvalue weighted by molar-refractivity contribution is 0.0607. The zero-order chi connectivity index (χ0) is 12.3. The van der Waals surface area contributed by atoms with Crippen LogP contribution in [0.1, 0.15) is 15.2 Å². The number of aromatic nitrogens is 2. The third-order valence-electron chi connectivity index (χ3n) is 2.15. The van der Waals surface area contributed by atoms with Crippen LogP contribution in [0.4, 0.5) is 10.7 Å². The summed E-state index contributed by atoms with van der Waals surface area (Å²) in [4.78, 5) is 11.8. The van der Waals surface area contributed by atoms with Crippen LogP contribution in [0.3, 0.4) is 0 Å². The van der Waals surface area contributed by atoms with Gasteiger partial charge in [-0.2, -0.15) is 5.10 Å². The first-order chi connectivity index (χ1) is 8.20. The van der Waals surface area contributed by atoms with Crippen molar-refractivity contribution in [3.8, 4) is 0 Å². The smallest absolute Gasteiger partial charge is 0.350 e. The molecular weight excluding hydrogens is 240 g/mol. The molecular formula is C10H12N4O2S. The molecule has 0 unspecified atom stereocenters. The molecule has 4 N–H and O–H groups in total. The van der Waals surface area contributed by atoms with E-state index in [1.807, 2.05) is 0 Å². The van der Waals surface area contributed by atoms with E-state index in [-0.39, 0.29) is 0 Å². The number of aromatic amines is 1. The molecule has 0 fully saturated rings. The third kappa shape index (κ3) is 2.56. The predicted octanol–water partition coefficient (Wildman–Crippen LogP) is 1.45. The second-order valence-electron chi connectivity index (χ2n) is 3.35. The molecule has 90 valence electrons. The number of carbonyl (C=O) groups excluding carboxylic acids is 1. The van der Waals surface area contributed by atoms with Gasteiger partial charge >= 0.3 is 5.97 Å². The Morgan fingerprint density at radius 2 is 2.53 bits per heavy atom. The van der Waals surface area contributed by atoms with E-state index in [1.165, 1.54) is 18.4 Å². The van der Waals surface area contributed by atoms with E-state index >= 15 is 0 Å². The number of methoxy groups -OCH3 is 1. The maximum atomic E-state index is 11.3. The van der Waals surface area contributed by atoms with Gasteiger partial charge in [0.1, 0.15) is 4.88 Å². The van der Waals surface area contributed by atoms with Gasteiger partial charge in [0.25, 0.3) is 0 Å². The van der Waals surface area contributed by atoms with Crippen LogP contribution < -0.4 is 11.1 Å². The quantitative estimate of drug-likeness (QED) is 0.716. The highest BCUT2D eigenvalue weighted by Crippen LogP contribution is 2.29. The van der Waals surface area contributed by atoms with E-state index in [2.05, 4.69) is 20.3 Å². The van der Waals surface area contributed by atoms with Crippen LogP contribution in [0.2, 0.25) is 0 Å². The second-order valence-corrected chi connectivity index (χ2v) is 4.40. The molecule has 0 atom stereocenters. The Morgan fingerprint density at radius 1 is 1.71 bits per heavy atom. The number of ether oxygens (including phenoxy) is 1. The molecule has 0 saturated heterocycles. The fraction of sp³-hybridized carbons (Fsp3) is 0.200. The zero-order valence-corrected chi connectivity index (χ0v) is 10.0. The van der Waals surface area contributed by atoms with Gasteiger partial charge in [0.2, 0.25) is 0 Å². The van der Waals surface area contributed by atoms with Crippen molar-refractivity contribution < 1.29 is 9.53 Å². The molecule has 0 spiro atoms. The Kier molecular flexibility index (Phi) is 3.29. The number of thiophene rings is 1. The molecule has 0 aliphatic carbocycles. The Hall–Kier alpha value is -2.02. The van der Waals surface area contributed by atoms with Crippen LogP contribution >= 0.6 is 11.3 Å². The molecule has 0 aliphatic heterocycles. The van der Waals surface area contributed by atoms with Crippen molar-refractivity contribution in [3.05, 3.63) is 28.9 Å². The fourth-order valence-electron chi connectivity index (χ4n) is 1.31. The molecule has 2 aromatic heterocycles. The highest BCUT2D eigenvalue weighted by atomic mass is 32.1. The second kappa shape index (κ2) is 4.88. The van der Waals surface area contributed by atoms with Gasteiger partial charge in [-0.25, -0.2) is 4.79 Å². The average Bonchev–Trinajstić information content (AvgIpc) is 2.94. The molecule has 0 amide bonds. The number of nitrogens with zero attached hydrogens (tertiary/aromatic N) is 1. The molecule has 0 saturated carbocycles. The summed E-state index contributed by atoms with van der Waals surface area (Å²) >= 11 is 1.27. The van der Waals surface area contributed by atoms with Gasteiger partial charge in [-0.15, -0.1) is 11.3 Å². The van der Waals surface area contributed by atoms with Crippen LogP contribution in [0.5, 0.6) is 0 Å². The van der Waals surface area contributed by atoms with Crippen molar-refractivity contribution in [2.75, 3.05) is 18.2 Å². The molecule has 2 aromatic rings. The fourth-order valence-corrected chi connectivity index (χ4v) is 2.20. The van der Waals surface area contributed by atoms with Gasteiger partial charge in [-0.3, -0.25) is 5.10 Å². The Labute approximate surface area is 102 Å². The number of esters is 1. The molecule has 2 rings (SSSR count). The maximum Gasteiger partial charge on any atom is 0.350 e. The average molecular weight is 252 g/mol. The Morgan fingerprint density at radius 3 is 3.18 bits per heavy atom. The summed E-state index contributed by atoms with van der Waals surface area (Å²) in [5, 5.41) is 10.5. The van der Waals surface area contributed by atoms with Crippen molar-refractivity contribution in [2.45, 2.75) is 6.54 Å². The number of anilines is 2. The van der Waals surface area contributed by atoms with Gasteiger partial charge in [0, 0.05) is 18.3 Å². The van der Waals surface area contributed by atoms with E-state index in [0.29, 0.717) is 17.1 Å². The number of hydrogen-bond donors (Lipinski definition) is 3. The highest BCUT2D eigenvalue weighted by molar-refractivity contribution is 7.18. The molecule has 0 aliphatic rings. The molecule has 2 heterocycles. The van der Waals surface area contributed by atoms with Crippen LogP contribution in [-0.4, -0.2) is 23.3 Å². The van der Waals surface area contributed by atoms with E-state index in [0.717, 1.165) is 10.6 Å². The summed E-state index contributed by atoms with van der Waals surface area (Å²) in [6.45, 7) is 0.622. The Bertz CT molecular complexity index is 506. The van der Waals surface area contributed by atoms with Crippen LogP contribution in [-0.2, 0) is 11.3 Å². The van der Waals surface area contributed by atoms with Crippen molar-refractivity contribution in [1.82, 2.24) is 10.2 Å². The minimum absolute atomic E-state index is 0.413. The van der Waals surface area contributed by atoms with Crippen LogP contribution in [0.15, 0.2) is 18.5 Å². The maximum absolute atomic E-state index is 11.3. The minimum Gasteiger partial charge on any atom is -0.465 e. The van der Waals surface area contributed by atoms with Crippen LogP contribution in [0.25, 0.3) is 0 Å². The van der Waals surface area contributed by atoms with Gasteiger partial charge in [-0.05, 0) is 6.07 Å². The molecule has 7 heteroatoms. The number of nitrogen functional groups attached to an aromatic ring is 1. The van der Waals surface area contributed by atoms with Crippen molar-refractivity contribution >= 4 is 28.0 Å². The summed E-state index contributed by atoms with van der Waals surface area (Å²) in [7, 11) is 1.33. The standard InChI is InChI=1S/C10H12N4O2S/c1-16-10(15)9-7(11)2-8(17-9)12-3-6-4-13-14-5-6/h2,4-5,12H,3,11H2,1H3,(H,13,14). The molecule has 0 aromatic carbocycles. The van der Waals surface area contributed by atoms with Crippen molar-refractivity contribution in [2.24, 2.45) is 0 Å². The normalized spacial score (nSPS) is 10.2. The van der Waals surface area contributed by atoms with Gasteiger partial charge in [-0.1, -0.05) is 0 Å². The molecule has 0 radical (unpaired) electrons. The minimum atomic E-state index is -0.413. The highest BCUT2D eigenvalue weighted by Gasteiger charge is 2.14. The monoisotopic (exact) mass is 252 g/mol. The first kappa shape index (κ1) is 11.5. The Balaban J connectivity index is 2.05. The lowest BCUT2D eigenvalue weighted by atomic mass is 10.3. The number of carbonyl (C=O) groups is 1.